The number of piperazine rings is 1. The Morgan fingerprint density at radius 3 is 2.35 bits per heavy atom. The molecule has 0 saturated carbocycles. The molecule has 3 amide bonds. The van der Waals surface area contributed by atoms with Crippen molar-refractivity contribution in [3.8, 4) is 10.6 Å². The fourth-order valence-corrected chi connectivity index (χ4v) is 5.90. The zero-order chi connectivity index (χ0) is 28.5. The van der Waals surface area contributed by atoms with Crippen molar-refractivity contribution in [3.63, 3.8) is 0 Å². The van der Waals surface area contributed by atoms with Gasteiger partial charge in [0.1, 0.15) is 16.1 Å². The number of unbranched alkanes of at least 4 members (excludes halogenated alkanes) is 1. The third kappa shape index (κ3) is 7.50. The molecule has 0 bridgehead atoms. The lowest BCUT2D eigenvalue weighted by Gasteiger charge is -2.36. The molecule has 3 heterocycles. The molecule has 2 aliphatic rings. The van der Waals surface area contributed by atoms with Gasteiger partial charge in [-0.2, -0.15) is 0 Å². The van der Waals surface area contributed by atoms with Crippen LogP contribution in [0.5, 0.6) is 0 Å². The number of carboxylic acid groups (broad SMARTS) is 1. The van der Waals surface area contributed by atoms with Crippen LogP contribution >= 0.6 is 11.3 Å². The van der Waals surface area contributed by atoms with Gasteiger partial charge in [0.15, 0.2) is 5.69 Å². The summed E-state index contributed by atoms with van der Waals surface area (Å²) in [6, 6.07) is 8.59. The van der Waals surface area contributed by atoms with Crippen LogP contribution in [0.3, 0.4) is 0 Å². The summed E-state index contributed by atoms with van der Waals surface area (Å²) in [4.78, 5) is 60.7. The van der Waals surface area contributed by atoms with Crippen LogP contribution in [0, 0.1) is 0 Å². The van der Waals surface area contributed by atoms with Gasteiger partial charge in [-0.15, -0.1) is 0 Å². The number of anilines is 1. The molecule has 40 heavy (non-hydrogen) atoms. The molecule has 1 aromatic carbocycles. The molecule has 2 aliphatic heterocycles. The van der Waals surface area contributed by atoms with Crippen LogP contribution < -0.4 is 10.2 Å². The lowest BCUT2D eigenvalue weighted by Crippen LogP contribution is -2.56. The zero-order valence-electron chi connectivity index (χ0n) is 22.8. The number of nitrogens with one attached hydrogen (secondary N) is 1. The maximum atomic E-state index is 13.6. The number of hydrogen-bond donors (Lipinski definition) is 2. The number of benzene rings is 1. The maximum absolute atomic E-state index is 13.6. The predicted molar refractivity (Wildman–Crippen MR) is 152 cm³/mol. The summed E-state index contributed by atoms with van der Waals surface area (Å²) in [5.74, 6) is -1.92. The van der Waals surface area contributed by atoms with Crippen LogP contribution in [0.2, 0.25) is 0 Å². The number of amides is 3. The van der Waals surface area contributed by atoms with Crippen molar-refractivity contribution in [1.82, 2.24) is 20.1 Å². The number of carbonyl (C=O) groups is 4. The summed E-state index contributed by atoms with van der Waals surface area (Å²) in [7, 11) is 0. The van der Waals surface area contributed by atoms with E-state index in [9.17, 15) is 24.3 Å². The number of thiazole rings is 1. The van der Waals surface area contributed by atoms with E-state index in [-0.39, 0.29) is 37.5 Å². The number of rotatable bonds is 11. The van der Waals surface area contributed by atoms with Crippen molar-refractivity contribution < 1.29 is 29.0 Å². The Balaban J connectivity index is 1.47. The van der Waals surface area contributed by atoms with Crippen LogP contribution in [0.4, 0.5) is 9.80 Å². The molecule has 0 aliphatic carbocycles. The molecule has 1 aromatic heterocycles. The van der Waals surface area contributed by atoms with Crippen molar-refractivity contribution in [3.05, 3.63) is 36.0 Å². The second kappa shape index (κ2) is 14.1. The molecule has 0 unspecified atom stereocenters. The minimum atomic E-state index is -1.05. The number of nitrogens with zero attached hydrogens (tertiary/aromatic N) is 4. The van der Waals surface area contributed by atoms with E-state index in [1.165, 1.54) is 11.3 Å². The smallest absolute Gasteiger partial charge is 0.409 e. The van der Waals surface area contributed by atoms with E-state index >= 15 is 0 Å². The van der Waals surface area contributed by atoms with Crippen LogP contribution in [0.1, 0.15) is 55.9 Å². The zero-order valence-corrected chi connectivity index (χ0v) is 23.7. The molecule has 2 saturated heterocycles. The Bertz CT molecular complexity index is 1180. The van der Waals surface area contributed by atoms with E-state index in [2.05, 4.69) is 15.2 Å². The third-order valence-electron chi connectivity index (χ3n) is 7.06. The van der Waals surface area contributed by atoms with Crippen molar-refractivity contribution in [2.45, 2.75) is 51.5 Å². The first kappa shape index (κ1) is 29.3. The van der Waals surface area contributed by atoms with Gasteiger partial charge < -0.3 is 29.9 Å². The number of hydrogen-bond acceptors (Lipinski definition) is 8. The summed E-state index contributed by atoms with van der Waals surface area (Å²) < 4.78 is 5.27. The fourth-order valence-electron chi connectivity index (χ4n) is 4.78. The van der Waals surface area contributed by atoms with Gasteiger partial charge in [-0.3, -0.25) is 14.4 Å². The highest BCUT2D eigenvalue weighted by Crippen LogP contribution is 2.36. The Labute approximate surface area is 238 Å². The highest BCUT2D eigenvalue weighted by atomic mass is 32.1. The summed E-state index contributed by atoms with van der Waals surface area (Å²) in [5.41, 5.74) is 1.15. The molecule has 0 spiro atoms. The van der Waals surface area contributed by atoms with Gasteiger partial charge >= 0.3 is 12.1 Å². The lowest BCUT2D eigenvalue weighted by molar-refractivity contribution is -0.138. The SMILES string of the molecule is CCCCOC(=O)N1CCN(C(=O)[C@H](CCC(=O)O)NC(=O)c2nc(-c3ccccc3)sc2N2CCCC2)CC1. The van der Waals surface area contributed by atoms with Crippen molar-refractivity contribution in [1.29, 1.82) is 0 Å². The third-order valence-corrected chi connectivity index (χ3v) is 8.23. The molecule has 11 nitrogen and oxygen atoms in total. The normalized spacial score (nSPS) is 16.1. The van der Waals surface area contributed by atoms with E-state index < -0.39 is 24.0 Å². The Morgan fingerprint density at radius 2 is 1.70 bits per heavy atom. The van der Waals surface area contributed by atoms with Gasteiger partial charge in [0, 0.05) is 51.3 Å². The average Bonchev–Trinajstić information content (AvgIpc) is 3.66. The van der Waals surface area contributed by atoms with Crippen molar-refractivity contribution in [2.75, 3.05) is 50.8 Å². The van der Waals surface area contributed by atoms with Crippen molar-refractivity contribution >= 4 is 40.2 Å². The molecular weight excluding hydrogens is 534 g/mol. The van der Waals surface area contributed by atoms with Gasteiger partial charge in [-0.1, -0.05) is 55.0 Å². The van der Waals surface area contributed by atoms with E-state index in [1.54, 1.807) is 9.80 Å². The van der Waals surface area contributed by atoms with Crippen molar-refractivity contribution in [2.24, 2.45) is 0 Å². The highest BCUT2D eigenvalue weighted by molar-refractivity contribution is 7.19. The van der Waals surface area contributed by atoms with E-state index in [4.69, 9.17) is 4.74 Å². The maximum Gasteiger partial charge on any atom is 0.409 e. The number of aromatic nitrogens is 1. The van der Waals surface area contributed by atoms with Gasteiger partial charge in [-0.05, 0) is 25.7 Å². The molecule has 1 atom stereocenters. The van der Waals surface area contributed by atoms with Crippen LogP contribution in [-0.2, 0) is 14.3 Å². The minimum absolute atomic E-state index is 0.0477. The minimum Gasteiger partial charge on any atom is -0.481 e. The van der Waals surface area contributed by atoms with Gasteiger partial charge in [0.25, 0.3) is 5.91 Å². The van der Waals surface area contributed by atoms with Gasteiger partial charge in [-0.25, -0.2) is 9.78 Å². The van der Waals surface area contributed by atoms with Gasteiger partial charge in [0.05, 0.1) is 6.61 Å². The largest absolute Gasteiger partial charge is 0.481 e. The highest BCUT2D eigenvalue weighted by Gasteiger charge is 2.33. The first-order chi connectivity index (χ1) is 19.4. The van der Waals surface area contributed by atoms with Gasteiger partial charge in [0.2, 0.25) is 5.91 Å². The second-order valence-corrected chi connectivity index (χ2v) is 10.9. The molecule has 12 heteroatoms. The van der Waals surface area contributed by atoms with E-state index in [1.807, 2.05) is 37.3 Å². The molecule has 2 aromatic rings. The Kier molecular flexibility index (Phi) is 10.3. The summed E-state index contributed by atoms with van der Waals surface area (Å²) in [5, 5.41) is 13.6. The molecular formula is C28H37N5O6S. The molecule has 216 valence electrons. The summed E-state index contributed by atoms with van der Waals surface area (Å²) in [6.45, 7) is 5.18. The second-order valence-electron chi connectivity index (χ2n) is 9.97. The average molecular weight is 572 g/mol. The quantitative estimate of drug-likeness (QED) is 0.392. The molecule has 4 rings (SSSR count). The fraction of sp³-hybridized carbons (Fsp3) is 0.536. The molecule has 2 fully saturated rings. The number of aliphatic carboxylic acids is 1. The Morgan fingerprint density at radius 1 is 1.02 bits per heavy atom. The molecule has 0 radical (unpaired) electrons. The number of carbonyl (C=O) groups excluding carboxylic acids is 3. The summed E-state index contributed by atoms with van der Waals surface area (Å²) in [6.07, 6.45) is 3.05. The topological polar surface area (TPSA) is 132 Å². The first-order valence-corrected chi connectivity index (χ1v) is 14.7. The number of carboxylic acids is 1. The van der Waals surface area contributed by atoms with E-state index in [0.29, 0.717) is 24.7 Å². The van der Waals surface area contributed by atoms with Crippen LogP contribution in [0.15, 0.2) is 30.3 Å². The van der Waals surface area contributed by atoms with Crippen LogP contribution in [0.25, 0.3) is 10.6 Å². The number of ether oxygens (including phenoxy) is 1. The lowest BCUT2D eigenvalue weighted by atomic mass is 10.1. The Hall–Kier alpha value is -3.67. The monoisotopic (exact) mass is 571 g/mol. The van der Waals surface area contributed by atoms with E-state index in [0.717, 1.165) is 49.3 Å². The van der Waals surface area contributed by atoms with Crippen LogP contribution in [-0.4, -0.2) is 95.7 Å². The standard InChI is InChI=1S/C28H37N5O6S/c1-2-3-19-39-28(38)33-17-15-31(16-18-33)26(37)21(11-12-22(34)35)29-24(36)23-27(32-13-7-8-14-32)40-25(30-23)20-9-5-4-6-10-20/h4-6,9-10,21H,2-3,7-8,11-19H2,1H3,(H,29,36)(H,34,35)/t21-/m0/s1. The first-order valence-electron chi connectivity index (χ1n) is 13.9. The molecule has 2 N–H and O–H groups in total. The summed E-state index contributed by atoms with van der Waals surface area (Å²) >= 11 is 1.45. The predicted octanol–water partition coefficient (Wildman–Crippen LogP) is 3.45.